The summed E-state index contributed by atoms with van der Waals surface area (Å²) in [6, 6.07) is 3.66. The largest absolute Gasteiger partial charge is 0.380 e. The minimum absolute atomic E-state index is 0.0344. The number of pyridine rings is 1. The zero-order valence-corrected chi connectivity index (χ0v) is 12.9. The van der Waals surface area contributed by atoms with E-state index < -0.39 is 0 Å². The Hall–Kier alpha value is -1.50. The molecule has 1 aromatic heterocycles. The molecule has 0 bridgehead atoms. The first kappa shape index (κ1) is 15.4. The van der Waals surface area contributed by atoms with Gasteiger partial charge in [0.1, 0.15) is 0 Å². The van der Waals surface area contributed by atoms with Crippen molar-refractivity contribution in [2.45, 2.75) is 13.0 Å². The van der Waals surface area contributed by atoms with Crippen molar-refractivity contribution in [3.8, 4) is 0 Å². The Morgan fingerprint density at radius 2 is 2.45 bits per heavy atom. The van der Waals surface area contributed by atoms with Gasteiger partial charge in [-0.2, -0.15) is 0 Å². The van der Waals surface area contributed by atoms with E-state index in [2.05, 4.69) is 15.2 Å². The number of nitrogens with zero attached hydrogens (tertiary/aromatic N) is 2. The smallest absolute Gasteiger partial charge is 0.230 e. The van der Waals surface area contributed by atoms with Gasteiger partial charge in [0.15, 0.2) is 0 Å². The highest BCUT2D eigenvalue weighted by atomic mass is 16.5. The molecule has 2 aliphatic heterocycles. The molecule has 0 spiro atoms. The molecule has 2 saturated heterocycles. The van der Waals surface area contributed by atoms with E-state index in [4.69, 9.17) is 9.47 Å². The fourth-order valence-corrected chi connectivity index (χ4v) is 3.26. The maximum Gasteiger partial charge on any atom is 0.230 e. The lowest BCUT2D eigenvalue weighted by atomic mass is 9.92. The number of amides is 1. The first-order valence-corrected chi connectivity index (χ1v) is 7.90. The Balaban J connectivity index is 1.54. The van der Waals surface area contributed by atoms with Gasteiger partial charge in [-0.05, 0) is 19.1 Å². The summed E-state index contributed by atoms with van der Waals surface area (Å²) in [6.45, 7) is 6.70. The molecule has 22 heavy (non-hydrogen) atoms. The van der Waals surface area contributed by atoms with Crippen LogP contribution in [0, 0.1) is 11.8 Å². The highest BCUT2D eigenvalue weighted by Crippen LogP contribution is 2.34. The molecule has 0 aliphatic carbocycles. The topological polar surface area (TPSA) is 63.7 Å². The molecule has 3 rings (SSSR count). The standard InChI is InChI=1S/C16H23N3O3/c1-2-21-7-6-19-9-13-14(11-22-15(13)10-19)16(20)18-12-4-3-5-17-8-12/h3-5,8,13-15H,2,6-7,9-11H2,1H3,(H,18,20)/t13-,14-,15-/m1/s1. The Morgan fingerprint density at radius 1 is 1.55 bits per heavy atom. The number of anilines is 1. The molecule has 6 heteroatoms. The average Bonchev–Trinajstić information content (AvgIpc) is 3.08. The van der Waals surface area contributed by atoms with Crippen LogP contribution in [0.15, 0.2) is 24.5 Å². The molecule has 0 aromatic carbocycles. The minimum Gasteiger partial charge on any atom is -0.380 e. The quantitative estimate of drug-likeness (QED) is 0.795. The third kappa shape index (κ3) is 3.45. The number of hydrogen-bond acceptors (Lipinski definition) is 5. The third-order valence-corrected chi connectivity index (χ3v) is 4.41. The van der Waals surface area contributed by atoms with Crippen LogP contribution in [0.5, 0.6) is 0 Å². The van der Waals surface area contributed by atoms with Gasteiger partial charge in [-0.1, -0.05) is 0 Å². The van der Waals surface area contributed by atoms with Gasteiger partial charge in [-0.15, -0.1) is 0 Å². The highest BCUT2D eigenvalue weighted by Gasteiger charge is 2.46. The van der Waals surface area contributed by atoms with Crippen molar-refractivity contribution in [2.24, 2.45) is 11.8 Å². The van der Waals surface area contributed by atoms with E-state index in [1.54, 1.807) is 12.4 Å². The van der Waals surface area contributed by atoms with Crippen molar-refractivity contribution in [2.75, 3.05) is 44.8 Å². The third-order valence-electron chi connectivity index (χ3n) is 4.41. The molecule has 0 saturated carbocycles. The number of rotatable bonds is 6. The summed E-state index contributed by atoms with van der Waals surface area (Å²) in [4.78, 5) is 18.8. The van der Waals surface area contributed by atoms with Gasteiger partial charge < -0.3 is 14.8 Å². The molecule has 3 atom stereocenters. The van der Waals surface area contributed by atoms with Crippen LogP contribution >= 0.6 is 0 Å². The van der Waals surface area contributed by atoms with E-state index in [9.17, 15) is 4.79 Å². The summed E-state index contributed by atoms with van der Waals surface area (Å²) in [5, 5.41) is 2.94. The normalized spacial score (nSPS) is 27.8. The zero-order chi connectivity index (χ0) is 15.4. The Labute approximate surface area is 130 Å². The number of carbonyl (C=O) groups is 1. The van der Waals surface area contributed by atoms with Crippen LogP contribution in [0.2, 0.25) is 0 Å². The molecule has 1 N–H and O–H groups in total. The zero-order valence-electron chi connectivity index (χ0n) is 12.9. The molecule has 2 aliphatic rings. The van der Waals surface area contributed by atoms with E-state index >= 15 is 0 Å². The van der Waals surface area contributed by atoms with Crippen LogP contribution in [0.1, 0.15) is 6.92 Å². The molecule has 0 radical (unpaired) electrons. The second kappa shape index (κ2) is 7.17. The molecule has 1 aromatic rings. The van der Waals surface area contributed by atoms with Crippen LogP contribution in [0.25, 0.3) is 0 Å². The number of hydrogen-bond donors (Lipinski definition) is 1. The lowest BCUT2D eigenvalue weighted by Crippen LogP contribution is -2.32. The summed E-state index contributed by atoms with van der Waals surface area (Å²) < 4.78 is 11.2. The van der Waals surface area contributed by atoms with Crippen LogP contribution in [0.4, 0.5) is 5.69 Å². The predicted octanol–water partition coefficient (Wildman–Crippen LogP) is 1.00. The number of ether oxygens (including phenoxy) is 2. The van der Waals surface area contributed by atoms with Gasteiger partial charge in [0, 0.05) is 38.4 Å². The molecule has 3 heterocycles. The van der Waals surface area contributed by atoms with E-state index in [0.717, 1.165) is 38.5 Å². The second-order valence-electron chi connectivity index (χ2n) is 5.83. The molecular weight excluding hydrogens is 282 g/mol. The summed E-state index contributed by atoms with van der Waals surface area (Å²) in [6.07, 6.45) is 3.53. The number of aromatic nitrogens is 1. The first-order chi connectivity index (χ1) is 10.8. The second-order valence-corrected chi connectivity index (χ2v) is 5.83. The number of fused-ring (bicyclic) bond motifs is 1. The number of likely N-dealkylation sites (tertiary alicyclic amines) is 1. The van der Waals surface area contributed by atoms with Crippen LogP contribution < -0.4 is 5.32 Å². The molecule has 2 fully saturated rings. The predicted molar refractivity (Wildman–Crippen MR) is 82.5 cm³/mol. The fourth-order valence-electron chi connectivity index (χ4n) is 3.26. The fraction of sp³-hybridized carbons (Fsp3) is 0.625. The molecule has 6 nitrogen and oxygen atoms in total. The first-order valence-electron chi connectivity index (χ1n) is 7.90. The summed E-state index contributed by atoms with van der Waals surface area (Å²) >= 11 is 0. The lowest BCUT2D eigenvalue weighted by molar-refractivity contribution is -0.120. The van der Waals surface area contributed by atoms with Crippen LogP contribution in [-0.4, -0.2) is 61.3 Å². The number of nitrogens with one attached hydrogen (secondary N) is 1. The Morgan fingerprint density at radius 3 is 3.23 bits per heavy atom. The van der Waals surface area contributed by atoms with Gasteiger partial charge in [-0.25, -0.2) is 0 Å². The van der Waals surface area contributed by atoms with Gasteiger partial charge in [0.2, 0.25) is 5.91 Å². The van der Waals surface area contributed by atoms with Crippen molar-refractivity contribution in [1.29, 1.82) is 0 Å². The van der Waals surface area contributed by atoms with E-state index in [1.807, 2.05) is 19.1 Å². The van der Waals surface area contributed by atoms with Crippen LogP contribution in [-0.2, 0) is 14.3 Å². The van der Waals surface area contributed by atoms with E-state index in [1.165, 1.54) is 0 Å². The van der Waals surface area contributed by atoms with Crippen molar-refractivity contribution >= 4 is 11.6 Å². The van der Waals surface area contributed by atoms with Gasteiger partial charge >= 0.3 is 0 Å². The van der Waals surface area contributed by atoms with Gasteiger partial charge in [0.05, 0.1) is 37.1 Å². The van der Waals surface area contributed by atoms with Crippen LogP contribution in [0.3, 0.4) is 0 Å². The summed E-state index contributed by atoms with van der Waals surface area (Å²) in [5.41, 5.74) is 0.738. The number of carbonyl (C=O) groups excluding carboxylic acids is 1. The maximum atomic E-state index is 12.5. The Bertz CT molecular complexity index is 497. The molecule has 1 amide bonds. The Kier molecular flexibility index (Phi) is 5.02. The van der Waals surface area contributed by atoms with Crippen molar-refractivity contribution < 1.29 is 14.3 Å². The van der Waals surface area contributed by atoms with Gasteiger partial charge in [-0.3, -0.25) is 14.7 Å². The summed E-state index contributed by atoms with van der Waals surface area (Å²) in [7, 11) is 0. The molecule has 0 unspecified atom stereocenters. The van der Waals surface area contributed by atoms with Crippen molar-refractivity contribution in [3.63, 3.8) is 0 Å². The lowest BCUT2D eigenvalue weighted by Gasteiger charge is -2.19. The monoisotopic (exact) mass is 305 g/mol. The maximum absolute atomic E-state index is 12.5. The van der Waals surface area contributed by atoms with E-state index in [0.29, 0.717) is 6.61 Å². The van der Waals surface area contributed by atoms with Gasteiger partial charge in [0.25, 0.3) is 0 Å². The SMILES string of the molecule is CCOCCN1C[C@H]2[C@@H](C1)OC[C@H]2C(=O)Nc1cccnc1. The van der Waals surface area contributed by atoms with E-state index in [-0.39, 0.29) is 23.8 Å². The molecular formula is C16H23N3O3. The van der Waals surface area contributed by atoms with Crippen molar-refractivity contribution in [3.05, 3.63) is 24.5 Å². The minimum atomic E-state index is -0.0812. The highest BCUT2D eigenvalue weighted by molar-refractivity contribution is 5.92. The molecule has 120 valence electrons. The summed E-state index contributed by atoms with van der Waals surface area (Å²) in [5.74, 6) is 0.229. The van der Waals surface area contributed by atoms with Crippen molar-refractivity contribution in [1.82, 2.24) is 9.88 Å². The average molecular weight is 305 g/mol.